The van der Waals surface area contributed by atoms with Crippen LogP contribution in [0.1, 0.15) is 84.3 Å². The maximum atomic E-state index is 15.1. The Morgan fingerprint density at radius 3 is 2.02 bits per heavy atom. The molecule has 3 fully saturated rings. The van der Waals surface area contributed by atoms with E-state index in [0.29, 0.717) is 0 Å². The van der Waals surface area contributed by atoms with Crippen LogP contribution >= 0.6 is 0 Å². The zero-order chi connectivity index (χ0) is 40.3. The lowest BCUT2D eigenvalue weighted by atomic mass is 9.45. The van der Waals surface area contributed by atoms with E-state index in [9.17, 15) is 38.7 Å². The number of aliphatic hydroxyl groups is 1. The van der Waals surface area contributed by atoms with Crippen LogP contribution in [0.2, 0.25) is 0 Å². The van der Waals surface area contributed by atoms with E-state index in [4.69, 9.17) is 37.9 Å². The topological polar surface area (TPSA) is 244 Å². The molecule has 1 saturated heterocycles. The first-order valence-corrected chi connectivity index (χ1v) is 17.2. The number of cyclic esters (lactones) is 1. The van der Waals surface area contributed by atoms with Crippen molar-refractivity contribution in [2.24, 2.45) is 17.3 Å². The van der Waals surface area contributed by atoms with Crippen LogP contribution in [0.5, 0.6) is 0 Å². The number of carbonyl (C=O) groups is 8. The summed E-state index contributed by atoms with van der Waals surface area (Å²) in [7, 11) is 0. The largest absolute Gasteiger partial charge is 0.465 e. The first-order chi connectivity index (χ1) is 25.1. The molecule has 18 nitrogen and oxygen atoms in total. The number of carbonyl (C=O) groups excluding carboxylic acids is 8. The van der Waals surface area contributed by atoms with Gasteiger partial charge in [0, 0.05) is 46.7 Å². The maximum absolute atomic E-state index is 15.1. The number of esters is 7. The Labute approximate surface area is 309 Å². The maximum Gasteiger partial charge on any atom is 0.340 e. The summed E-state index contributed by atoms with van der Waals surface area (Å²) in [5, 5.41) is 13.2. The van der Waals surface area contributed by atoms with Gasteiger partial charge in [0.2, 0.25) is 0 Å². The highest BCUT2D eigenvalue weighted by molar-refractivity contribution is 5.94. The number of fused-ring (bicyclic) bond motifs is 5. The Morgan fingerprint density at radius 2 is 1.44 bits per heavy atom. The second kappa shape index (κ2) is 14.0. The van der Waals surface area contributed by atoms with E-state index >= 15 is 4.79 Å². The van der Waals surface area contributed by atoms with Gasteiger partial charge in [-0.3, -0.25) is 38.5 Å². The van der Waals surface area contributed by atoms with Gasteiger partial charge < -0.3 is 43.0 Å². The van der Waals surface area contributed by atoms with Crippen LogP contribution in [0, 0.1) is 17.3 Å². The fraction of sp³-hybridized carbons (Fsp3) is 0.639. The van der Waals surface area contributed by atoms with Crippen molar-refractivity contribution in [3.8, 4) is 0 Å². The quantitative estimate of drug-likeness (QED) is 0.309. The molecule has 12 atom stereocenters. The van der Waals surface area contributed by atoms with Crippen molar-refractivity contribution in [1.29, 1.82) is 0 Å². The van der Waals surface area contributed by atoms with E-state index in [-0.39, 0.29) is 11.3 Å². The predicted molar refractivity (Wildman–Crippen MR) is 175 cm³/mol. The van der Waals surface area contributed by atoms with Gasteiger partial charge in [-0.1, -0.05) is 13.8 Å². The molecule has 5 rings (SSSR count). The van der Waals surface area contributed by atoms with Crippen molar-refractivity contribution < 1.29 is 81.4 Å². The lowest BCUT2D eigenvalue weighted by Crippen LogP contribution is -2.88. The SMILES string of the molecule is CC(=O)OC[C@]12[C@H](OC(C)=O)C(=O)[C@@H]3[C@@H](OC(C)=O)[C@@]14O[C@]3(C)COC(=O)c1cccnc1[C@@H](C)[C@H](C)C(=O)O[C@@H]([C@H](OC(C)=O)[C@@H]2OC(C)=O)[C@@]4(C)O. The lowest BCUT2D eigenvalue weighted by Gasteiger charge is -2.66. The molecule has 1 aromatic rings. The van der Waals surface area contributed by atoms with Gasteiger partial charge in [-0.05, 0) is 26.0 Å². The summed E-state index contributed by atoms with van der Waals surface area (Å²) in [6, 6.07) is 2.88. The number of rotatable bonds is 6. The van der Waals surface area contributed by atoms with Gasteiger partial charge in [0.25, 0.3) is 0 Å². The van der Waals surface area contributed by atoms with Crippen molar-refractivity contribution in [3.05, 3.63) is 29.6 Å². The number of aromatic nitrogens is 1. The average Bonchev–Trinajstić information content (AvgIpc) is 3.30. The van der Waals surface area contributed by atoms with Gasteiger partial charge in [-0.2, -0.15) is 0 Å². The Morgan fingerprint density at radius 1 is 0.852 bits per heavy atom. The summed E-state index contributed by atoms with van der Waals surface area (Å²) in [5.41, 5.74) is -10.2. The van der Waals surface area contributed by atoms with Crippen molar-refractivity contribution in [2.75, 3.05) is 13.2 Å². The summed E-state index contributed by atoms with van der Waals surface area (Å²) < 4.78 is 47.3. The number of nitrogens with zero attached hydrogens (tertiary/aromatic N) is 1. The molecule has 54 heavy (non-hydrogen) atoms. The molecule has 4 bridgehead atoms. The Balaban J connectivity index is 1.97. The van der Waals surface area contributed by atoms with Crippen LogP contribution < -0.4 is 0 Å². The molecule has 2 aliphatic carbocycles. The number of ether oxygens (including phenoxy) is 8. The monoisotopic (exact) mass is 761 g/mol. The molecule has 2 aliphatic heterocycles. The number of Topliss-reactive ketones (excluding diaryl/α,β-unsaturated/α-hetero) is 1. The van der Waals surface area contributed by atoms with E-state index in [0.717, 1.165) is 41.5 Å². The second-order valence-electron chi connectivity index (χ2n) is 14.6. The predicted octanol–water partition coefficient (Wildman–Crippen LogP) is 0.671. The van der Waals surface area contributed by atoms with Crippen LogP contribution in [-0.2, 0) is 71.5 Å². The molecule has 1 aromatic heterocycles. The lowest BCUT2D eigenvalue weighted by molar-refractivity contribution is -0.376. The third-order valence-corrected chi connectivity index (χ3v) is 10.9. The van der Waals surface area contributed by atoms with Crippen molar-refractivity contribution in [2.45, 2.75) is 116 Å². The average molecular weight is 762 g/mol. The van der Waals surface area contributed by atoms with Gasteiger partial charge in [-0.15, -0.1) is 0 Å². The van der Waals surface area contributed by atoms with Gasteiger partial charge in [-0.25, -0.2) is 4.79 Å². The number of ketones is 1. The molecule has 1 N–H and O–H groups in total. The smallest absolute Gasteiger partial charge is 0.340 e. The van der Waals surface area contributed by atoms with Crippen molar-refractivity contribution in [3.63, 3.8) is 0 Å². The third-order valence-electron chi connectivity index (χ3n) is 10.9. The van der Waals surface area contributed by atoms with Crippen molar-refractivity contribution >= 4 is 47.6 Å². The molecule has 3 heterocycles. The van der Waals surface area contributed by atoms with Gasteiger partial charge in [0.05, 0.1) is 23.1 Å². The zero-order valence-corrected chi connectivity index (χ0v) is 31.2. The van der Waals surface area contributed by atoms with E-state index in [1.807, 2.05) is 0 Å². The highest BCUT2D eigenvalue weighted by Gasteiger charge is 2.91. The second-order valence-corrected chi connectivity index (χ2v) is 14.6. The fourth-order valence-electron chi connectivity index (χ4n) is 8.70. The Hall–Kier alpha value is -4.97. The zero-order valence-electron chi connectivity index (χ0n) is 31.2. The minimum atomic E-state index is -2.82. The molecule has 1 spiro atoms. The highest BCUT2D eigenvalue weighted by atomic mass is 16.7. The van der Waals surface area contributed by atoms with E-state index in [2.05, 4.69) is 4.98 Å². The minimum Gasteiger partial charge on any atom is -0.465 e. The summed E-state index contributed by atoms with van der Waals surface area (Å²) in [6.07, 6.45) is -9.01. The normalized spacial score (nSPS) is 38.4. The summed E-state index contributed by atoms with van der Waals surface area (Å²) in [5.74, 6) is -12.0. The van der Waals surface area contributed by atoms with Gasteiger partial charge in [0.1, 0.15) is 35.9 Å². The van der Waals surface area contributed by atoms with Gasteiger partial charge in [0.15, 0.2) is 35.8 Å². The molecule has 0 unspecified atom stereocenters. The van der Waals surface area contributed by atoms with E-state index < -0.39 is 131 Å². The fourth-order valence-corrected chi connectivity index (χ4v) is 8.70. The molecule has 18 heteroatoms. The van der Waals surface area contributed by atoms with Crippen LogP contribution in [0.3, 0.4) is 0 Å². The first kappa shape index (κ1) is 40.2. The number of hydrogen-bond acceptors (Lipinski definition) is 18. The highest BCUT2D eigenvalue weighted by Crippen LogP contribution is 2.69. The third kappa shape index (κ3) is 6.08. The van der Waals surface area contributed by atoms with Crippen LogP contribution in [0.25, 0.3) is 0 Å². The summed E-state index contributed by atoms with van der Waals surface area (Å²) in [6.45, 7) is 8.38. The molecule has 294 valence electrons. The van der Waals surface area contributed by atoms with Crippen LogP contribution in [0.15, 0.2) is 18.3 Å². The van der Waals surface area contributed by atoms with E-state index in [1.165, 1.54) is 32.2 Å². The summed E-state index contributed by atoms with van der Waals surface area (Å²) >= 11 is 0. The molecule has 0 aromatic carbocycles. The minimum absolute atomic E-state index is 0.0470. The van der Waals surface area contributed by atoms with Crippen molar-refractivity contribution in [1.82, 2.24) is 4.98 Å². The van der Waals surface area contributed by atoms with Gasteiger partial charge >= 0.3 is 41.8 Å². The molecule has 0 amide bonds. The van der Waals surface area contributed by atoms with Crippen LogP contribution in [-0.4, -0.2) is 118 Å². The standard InChI is InChI=1S/C36H43NO17/c1-15-16(2)31(44)53-29-26(49-18(4)39)30(52-21(7)42)35(14-47-17(3)38)28(51-20(6)41)25(43)23-27(50-19(5)40)36(35,34(29,9)46)54-33(23,8)13-48-32(45)22-11-10-12-37-24(15)22/h10-12,15-16,23,26-30,46H,13-14H2,1-9H3/t15-,16-,23+,26-,27+,28+,29-,30-,33+,34+,35+,36-/m0/s1. The first-order valence-electron chi connectivity index (χ1n) is 17.2. The van der Waals surface area contributed by atoms with Crippen LogP contribution in [0.4, 0.5) is 0 Å². The Kier molecular flexibility index (Phi) is 10.4. The molecule has 2 saturated carbocycles. The molecule has 4 aliphatic rings. The number of hydrogen-bond donors (Lipinski definition) is 1. The Bertz CT molecular complexity index is 1790. The summed E-state index contributed by atoms with van der Waals surface area (Å²) in [4.78, 5) is 112. The molecule has 0 radical (unpaired) electrons. The van der Waals surface area contributed by atoms with E-state index in [1.54, 1.807) is 6.92 Å². The molecular weight excluding hydrogens is 718 g/mol. The molecular formula is C36H43NO17. The number of pyridine rings is 1.